The molecule has 0 aliphatic heterocycles. The molecule has 0 radical (unpaired) electrons. The van der Waals surface area contributed by atoms with Crippen molar-refractivity contribution < 1.29 is 9.52 Å². The monoisotopic (exact) mass is 321 g/mol. The largest absolute Gasteiger partial charge is 0.466 e. The van der Waals surface area contributed by atoms with Crippen LogP contribution in [0.5, 0.6) is 0 Å². The van der Waals surface area contributed by atoms with Gasteiger partial charge >= 0.3 is 0 Å². The van der Waals surface area contributed by atoms with Gasteiger partial charge in [0, 0.05) is 11.4 Å². The number of guanidine groups is 1. The topological polar surface area (TPSA) is 69.8 Å². The molecule has 1 atom stereocenters. The highest BCUT2D eigenvalue weighted by atomic mass is 32.1. The first-order valence-electron chi connectivity index (χ1n) is 7.34. The molecule has 0 aliphatic rings. The zero-order valence-electron chi connectivity index (χ0n) is 13.2. The maximum absolute atomic E-state index is 10.5. The number of furan rings is 1. The predicted molar refractivity (Wildman–Crippen MR) is 90.2 cm³/mol. The van der Waals surface area contributed by atoms with Crippen LogP contribution in [0.1, 0.15) is 30.0 Å². The van der Waals surface area contributed by atoms with Crippen LogP contribution >= 0.6 is 11.3 Å². The van der Waals surface area contributed by atoms with Gasteiger partial charge in [-0.2, -0.15) is 0 Å². The Morgan fingerprint density at radius 1 is 1.41 bits per heavy atom. The first kappa shape index (κ1) is 16.6. The van der Waals surface area contributed by atoms with Crippen molar-refractivity contribution in [2.24, 2.45) is 4.99 Å². The number of nitrogens with one attached hydrogen (secondary N) is 2. The summed E-state index contributed by atoms with van der Waals surface area (Å²) >= 11 is 1.70. The molecule has 0 saturated carbocycles. The fraction of sp³-hybridized carbons (Fsp3) is 0.438. The zero-order valence-corrected chi connectivity index (χ0v) is 14.0. The van der Waals surface area contributed by atoms with Crippen LogP contribution in [-0.2, 0) is 12.1 Å². The average molecular weight is 321 g/mol. The van der Waals surface area contributed by atoms with E-state index in [1.54, 1.807) is 36.7 Å². The molecule has 0 aromatic carbocycles. The Morgan fingerprint density at radius 2 is 2.23 bits per heavy atom. The Labute approximate surface area is 135 Å². The van der Waals surface area contributed by atoms with Crippen molar-refractivity contribution in [1.82, 2.24) is 10.6 Å². The Balaban J connectivity index is 1.98. The number of hydrogen-bond donors (Lipinski definition) is 3. The van der Waals surface area contributed by atoms with Gasteiger partial charge in [-0.05, 0) is 49.9 Å². The number of aliphatic hydroxyl groups is 1. The summed E-state index contributed by atoms with van der Waals surface area (Å²) in [5, 5.41) is 18.9. The van der Waals surface area contributed by atoms with Gasteiger partial charge < -0.3 is 20.2 Å². The molecule has 2 rings (SSSR count). The molecule has 120 valence electrons. The molecule has 6 heteroatoms. The van der Waals surface area contributed by atoms with Crippen LogP contribution in [0.15, 0.2) is 39.3 Å². The molecule has 22 heavy (non-hydrogen) atoms. The summed E-state index contributed by atoms with van der Waals surface area (Å²) in [7, 11) is 0. The Hall–Kier alpha value is -1.79. The second kappa shape index (κ2) is 7.47. The third-order valence-electron chi connectivity index (χ3n) is 3.35. The SMILES string of the molecule is CCNC(=NCc1sccc1C)NCC(C)(O)c1ccco1. The minimum atomic E-state index is -1.08. The highest BCUT2D eigenvalue weighted by molar-refractivity contribution is 7.10. The van der Waals surface area contributed by atoms with E-state index in [4.69, 9.17) is 4.42 Å². The fourth-order valence-electron chi connectivity index (χ4n) is 1.99. The lowest BCUT2D eigenvalue weighted by Gasteiger charge is -2.22. The zero-order chi connectivity index (χ0) is 16.0. The summed E-state index contributed by atoms with van der Waals surface area (Å²) < 4.78 is 5.28. The molecular formula is C16H23N3O2S. The molecule has 2 heterocycles. The maximum Gasteiger partial charge on any atom is 0.191 e. The molecule has 2 aromatic heterocycles. The molecule has 0 spiro atoms. The molecular weight excluding hydrogens is 298 g/mol. The van der Waals surface area contributed by atoms with Crippen LogP contribution in [-0.4, -0.2) is 24.2 Å². The minimum Gasteiger partial charge on any atom is -0.466 e. The van der Waals surface area contributed by atoms with Gasteiger partial charge in [0.2, 0.25) is 0 Å². The highest BCUT2D eigenvalue weighted by Gasteiger charge is 2.26. The van der Waals surface area contributed by atoms with E-state index in [9.17, 15) is 5.11 Å². The number of aryl methyl sites for hydroxylation is 1. The van der Waals surface area contributed by atoms with Gasteiger partial charge in [-0.1, -0.05) is 0 Å². The fourth-order valence-corrected chi connectivity index (χ4v) is 2.82. The van der Waals surface area contributed by atoms with Crippen LogP contribution in [0, 0.1) is 6.92 Å². The number of aliphatic imine (C=N–C) groups is 1. The summed E-state index contributed by atoms with van der Waals surface area (Å²) in [6, 6.07) is 5.63. The molecule has 0 aliphatic carbocycles. The van der Waals surface area contributed by atoms with E-state index >= 15 is 0 Å². The summed E-state index contributed by atoms with van der Waals surface area (Å²) in [5.41, 5.74) is 0.172. The van der Waals surface area contributed by atoms with Crippen molar-refractivity contribution in [2.45, 2.75) is 32.9 Å². The van der Waals surface area contributed by atoms with Crippen LogP contribution in [0.3, 0.4) is 0 Å². The van der Waals surface area contributed by atoms with Crippen molar-refractivity contribution >= 4 is 17.3 Å². The Kier molecular flexibility index (Phi) is 5.63. The first-order chi connectivity index (χ1) is 10.5. The summed E-state index contributed by atoms with van der Waals surface area (Å²) in [6.45, 7) is 7.52. The van der Waals surface area contributed by atoms with Gasteiger partial charge in [0.25, 0.3) is 0 Å². The molecule has 2 aromatic rings. The van der Waals surface area contributed by atoms with Gasteiger partial charge in [-0.25, -0.2) is 4.99 Å². The number of hydrogen-bond acceptors (Lipinski definition) is 4. The molecule has 1 unspecified atom stereocenters. The van der Waals surface area contributed by atoms with Crippen molar-refractivity contribution in [3.63, 3.8) is 0 Å². The standard InChI is InChI=1S/C16H23N3O2S/c1-4-17-15(18-10-13-12(2)7-9-22-13)19-11-16(3,20)14-6-5-8-21-14/h5-9,20H,4,10-11H2,1-3H3,(H2,17,18,19). The second-order valence-electron chi connectivity index (χ2n) is 5.33. The summed E-state index contributed by atoms with van der Waals surface area (Å²) in [5.74, 6) is 1.21. The minimum absolute atomic E-state index is 0.315. The van der Waals surface area contributed by atoms with Gasteiger partial charge in [0.15, 0.2) is 5.96 Å². The molecule has 0 fully saturated rings. The lowest BCUT2D eigenvalue weighted by Crippen LogP contribution is -2.44. The lowest BCUT2D eigenvalue weighted by atomic mass is 10.0. The van der Waals surface area contributed by atoms with E-state index < -0.39 is 5.60 Å². The third kappa shape index (κ3) is 4.35. The lowest BCUT2D eigenvalue weighted by molar-refractivity contribution is 0.0386. The summed E-state index contributed by atoms with van der Waals surface area (Å²) in [6.07, 6.45) is 1.56. The van der Waals surface area contributed by atoms with Crippen molar-refractivity contribution in [2.75, 3.05) is 13.1 Å². The Bertz CT molecular complexity index is 603. The van der Waals surface area contributed by atoms with Crippen molar-refractivity contribution in [3.05, 3.63) is 46.0 Å². The van der Waals surface area contributed by atoms with Crippen LogP contribution < -0.4 is 10.6 Å². The predicted octanol–water partition coefficient (Wildman–Crippen LogP) is 2.61. The van der Waals surface area contributed by atoms with Gasteiger partial charge in [0.05, 0.1) is 19.4 Å². The van der Waals surface area contributed by atoms with Crippen molar-refractivity contribution in [1.29, 1.82) is 0 Å². The van der Waals surface area contributed by atoms with E-state index in [1.807, 2.05) is 6.92 Å². The molecule has 3 N–H and O–H groups in total. The molecule has 0 amide bonds. The van der Waals surface area contributed by atoms with Crippen LogP contribution in [0.4, 0.5) is 0 Å². The number of rotatable bonds is 6. The summed E-state index contributed by atoms with van der Waals surface area (Å²) in [4.78, 5) is 5.81. The Morgan fingerprint density at radius 3 is 2.82 bits per heavy atom. The van der Waals surface area contributed by atoms with Crippen molar-refractivity contribution in [3.8, 4) is 0 Å². The van der Waals surface area contributed by atoms with Gasteiger partial charge in [0.1, 0.15) is 11.4 Å². The molecule has 0 saturated heterocycles. The van der Waals surface area contributed by atoms with Gasteiger partial charge in [-0.3, -0.25) is 0 Å². The normalized spacial score (nSPS) is 14.6. The third-order valence-corrected chi connectivity index (χ3v) is 4.35. The van der Waals surface area contributed by atoms with E-state index in [0.717, 1.165) is 6.54 Å². The van der Waals surface area contributed by atoms with Crippen LogP contribution in [0.25, 0.3) is 0 Å². The van der Waals surface area contributed by atoms with E-state index in [2.05, 4.69) is 34.0 Å². The van der Waals surface area contributed by atoms with E-state index in [0.29, 0.717) is 24.8 Å². The van der Waals surface area contributed by atoms with E-state index in [1.165, 1.54) is 10.4 Å². The average Bonchev–Trinajstić information content (AvgIpc) is 3.14. The quantitative estimate of drug-likeness (QED) is 0.565. The van der Waals surface area contributed by atoms with E-state index in [-0.39, 0.29) is 0 Å². The maximum atomic E-state index is 10.5. The van der Waals surface area contributed by atoms with Crippen LogP contribution in [0.2, 0.25) is 0 Å². The second-order valence-corrected chi connectivity index (χ2v) is 6.33. The van der Waals surface area contributed by atoms with Gasteiger partial charge in [-0.15, -0.1) is 11.3 Å². The molecule has 5 nitrogen and oxygen atoms in total. The smallest absolute Gasteiger partial charge is 0.191 e. The molecule has 0 bridgehead atoms. The number of nitrogens with zero attached hydrogens (tertiary/aromatic N) is 1. The highest BCUT2D eigenvalue weighted by Crippen LogP contribution is 2.20. The number of thiophene rings is 1. The first-order valence-corrected chi connectivity index (χ1v) is 8.22.